The van der Waals surface area contributed by atoms with Crippen molar-refractivity contribution in [2.75, 3.05) is 13.6 Å². The number of hydrogen-bond donors (Lipinski definition) is 1. The van der Waals surface area contributed by atoms with Gasteiger partial charge in [0.2, 0.25) is 0 Å². The van der Waals surface area contributed by atoms with Crippen molar-refractivity contribution >= 4 is 16.9 Å². The molecule has 0 spiro atoms. The molecule has 2 aromatic heterocycles. The molecule has 18 heavy (non-hydrogen) atoms. The number of H-pyrrole nitrogens is 1. The van der Waals surface area contributed by atoms with E-state index < -0.39 is 0 Å². The van der Waals surface area contributed by atoms with Crippen LogP contribution in [0.4, 0.5) is 0 Å². The van der Waals surface area contributed by atoms with E-state index in [9.17, 15) is 0 Å². The molecule has 0 aliphatic carbocycles. The second kappa shape index (κ2) is 4.98. The summed E-state index contributed by atoms with van der Waals surface area (Å²) in [7, 11) is 2.18. The average molecular weight is 259 g/mol. The minimum absolute atomic E-state index is 0.983. The Morgan fingerprint density at radius 1 is 1.44 bits per heavy atom. The van der Waals surface area contributed by atoms with Crippen LogP contribution >= 0.6 is 11.3 Å². The summed E-state index contributed by atoms with van der Waals surface area (Å²) in [6.07, 6.45) is 7.42. The second-order valence-electron chi connectivity index (χ2n) is 4.65. The van der Waals surface area contributed by atoms with Crippen LogP contribution in [-0.4, -0.2) is 28.5 Å². The van der Waals surface area contributed by atoms with Gasteiger partial charge in [0, 0.05) is 37.3 Å². The normalized spacial score (nSPS) is 19.1. The molecule has 94 valence electrons. The van der Waals surface area contributed by atoms with Crippen LogP contribution in [0.25, 0.3) is 5.57 Å². The topological polar surface area (TPSA) is 31.9 Å². The maximum Gasteiger partial charge on any atom is 0.139 e. The van der Waals surface area contributed by atoms with Gasteiger partial charge in [-0.15, -0.1) is 0 Å². The van der Waals surface area contributed by atoms with E-state index in [4.69, 9.17) is 0 Å². The van der Waals surface area contributed by atoms with E-state index in [0.717, 1.165) is 18.8 Å². The van der Waals surface area contributed by atoms with Gasteiger partial charge in [-0.05, 0) is 41.7 Å². The molecule has 0 saturated carbocycles. The fourth-order valence-corrected chi connectivity index (χ4v) is 3.18. The molecule has 0 bridgehead atoms. The highest BCUT2D eigenvalue weighted by Gasteiger charge is 2.20. The highest BCUT2D eigenvalue weighted by atomic mass is 32.1. The summed E-state index contributed by atoms with van der Waals surface area (Å²) in [5.41, 5.74) is 3.96. The van der Waals surface area contributed by atoms with Crippen molar-refractivity contribution in [1.82, 2.24) is 14.9 Å². The first-order valence-corrected chi connectivity index (χ1v) is 7.27. The molecule has 0 aromatic carbocycles. The third kappa shape index (κ3) is 2.08. The smallest absolute Gasteiger partial charge is 0.139 e. The zero-order valence-corrected chi connectivity index (χ0v) is 11.3. The first-order chi connectivity index (χ1) is 8.86. The van der Waals surface area contributed by atoms with Crippen LogP contribution in [0.5, 0.6) is 0 Å². The molecule has 0 unspecified atom stereocenters. The third-order valence-corrected chi connectivity index (χ3v) is 4.13. The van der Waals surface area contributed by atoms with Crippen LogP contribution < -0.4 is 0 Å². The predicted molar refractivity (Wildman–Crippen MR) is 75.4 cm³/mol. The Labute approximate surface area is 111 Å². The first-order valence-electron chi connectivity index (χ1n) is 6.33. The fourth-order valence-electron chi connectivity index (χ4n) is 2.53. The number of aromatic amines is 1. The predicted octanol–water partition coefficient (Wildman–Crippen LogP) is 3.35. The summed E-state index contributed by atoms with van der Waals surface area (Å²) in [4.78, 5) is 10.1. The van der Waals surface area contributed by atoms with Crippen molar-refractivity contribution in [3.63, 3.8) is 0 Å². The highest BCUT2D eigenvalue weighted by Crippen LogP contribution is 2.32. The quantitative estimate of drug-likeness (QED) is 0.897. The van der Waals surface area contributed by atoms with Gasteiger partial charge in [0.15, 0.2) is 0 Å². The van der Waals surface area contributed by atoms with Gasteiger partial charge in [0.05, 0.1) is 0 Å². The summed E-state index contributed by atoms with van der Waals surface area (Å²) >= 11 is 1.74. The summed E-state index contributed by atoms with van der Waals surface area (Å²) in [5, 5.41) is 4.33. The van der Waals surface area contributed by atoms with Gasteiger partial charge in [-0.1, -0.05) is 0 Å². The number of nitrogens with one attached hydrogen (secondary N) is 1. The molecule has 1 aliphatic heterocycles. The number of imidazole rings is 1. The van der Waals surface area contributed by atoms with E-state index in [2.05, 4.69) is 38.7 Å². The van der Waals surface area contributed by atoms with Crippen molar-refractivity contribution in [3.05, 3.63) is 46.3 Å². The fraction of sp³-hybridized carbons (Fsp3) is 0.357. The third-order valence-electron chi connectivity index (χ3n) is 3.45. The van der Waals surface area contributed by atoms with E-state index in [0.29, 0.717) is 0 Å². The molecule has 3 rings (SSSR count). The molecule has 1 aliphatic rings. The Balaban J connectivity index is 2.12. The number of thiophene rings is 1. The summed E-state index contributed by atoms with van der Waals surface area (Å²) in [6, 6.07) is 2.18. The minimum Gasteiger partial charge on any atom is -0.377 e. The van der Waals surface area contributed by atoms with Crippen molar-refractivity contribution in [2.24, 2.45) is 0 Å². The maximum atomic E-state index is 4.45. The molecule has 1 N–H and O–H groups in total. The van der Waals surface area contributed by atoms with Crippen LogP contribution in [0.15, 0.2) is 34.9 Å². The van der Waals surface area contributed by atoms with Crippen LogP contribution in [0.3, 0.4) is 0 Å². The van der Waals surface area contributed by atoms with E-state index >= 15 is 0 Å². The minimum atomic E-state index is 0.983. The van der Waals surface area contributed by atoms with Gasteiger partial charge < -0.3 is 9.88 Å². The number of allylic oxidation sites excluding steroid dienone is 1. The van der Waals surface area contributed by atoms with Gasteiger partial charge in [-0.25, -0.2) is 4.98 Å². The Hall–Kier alpha value is -1.55. The molecule has 4 heteroatoms. The Bertz CT molecular complexity index is 489. The lowest BCUT2D eigenvalue weighted by Gasteiger charge is -2.29. The Morgan fingerprint density at radius 2 is 2.39 bits per heavy atom. The molecule has 1 fully saturated rings. The Morgan fingerprint density at radius 3 is 3.06 bits per heavy atom. The van der Waals surface area contributed by atoms with Gasteiger partial charge in [0.1, 0.15) is 5.82 Å². The number of piperidine rings is 1. The monoisotopic (exact) mass is 259 g/mol. The first kappa shape index (κ1) is 11.5. The molecule has 1 saturated heterocycles. The lowest BCUT2D eigenvalue weighted by atomic mass is 9.99. The number of aromatic nitrogens is 2. The van der Waals surface area contributed by atoms with Gasteiger partial charge >= 0.3 is 0 Å². The summed E-state index contributed by atoms with van der Waals surface area (Å²) < 4.78 is 0. The average Bonchev–Trinajstić information content (AvgIpc) is 3.05. The number of hydrogen-bond acceptors (Lipinski definition) is 3. The van der Waals surface area contributed by atoms with Crippen molar-refractivity contribution in [3.8, 4) is 0 Å². The number of rotatable bonds is 2. The highest BCUT2D eigenvalue weighted by molar-refractivity contribution is 7.08. The molecule has 3 nitrogen and oxygen atoms in total. The molecule has 0 radical (unpaired) electrons. The molecular formula is C14H17N3S. The zero-order chi connectivity index (χ0) is 12.4. The number of likely N-dealkylation sites (tertiary alicyclic amines) is 1. The van der Waals surface area contributed by atoms with Crippen LogP contribution in [-0.2, 0) is 0 Å². The largest absolute Gasteiger partial charge is 0.377 e. The van der Waals surface area contributed by atoms with Crippen LogP contribution in [0.1, 0.15) is 30.7 Å². The molecule has 0 atom stereocenters. The molecular weight excluding hydrogens is 242 g/mol. The second-order valence-corrected chi connectivity index (χ2v) is 5.43. The van der Waals surface area contributed by atoms with E-state index in [1.54, 1.807) is 11.3 Å². The van der Waals surface area contributed by atoms with Crippen LogP contribution in [0.2, 0.25) is 0 Å². The van der Waals surface area contributed by atoms with E-state index in [1.165, 1.54) is 29.7 Å². The summed E-state index contributed by atoms with van der Waals surface area (Å²) in [5.74, 6) is 0.983. The van der Waals surface area contributed by atoms with E-state index in [1.807, 2.05) is 12.4 Å². The molecule has 2 aromatic rings. The maximum absolute atomic E-state index is 4.45. The summed E-state index contributed by atoms with van der Waals surface area (Å²) in [6.45, 7) is 1.14. The van der Waals surface area contributed by atoms with Gasteiger partial charge in [-0.2, -0.15) is 11.3 Å². The van der Waals surface area contributed by atoms with E-state index in [-0.39, 0.29) is 0 Å². The SMILES string of the molecule is CN1CCCC/C1=C(\c1ccsc1)c1ncc[nH]1. The lowest BCUT2D eigenvalue weighted by Crippen LogP contribution is -2.25. The molecule has 3 heterocycles. The Kier molecular flexibility index (Phi) is 3.19. The van der Waals surface area contributed by atoms with Crippen molar-refractivity contribution in [1.29, 1.82) is 0 Å². The lowest BCUT2D eigenvalue weighted by molar-refractivity contribution is 0.347. The van der Waals surface area contributed by atoms with Crippen LogP contribution in [0, 0.1) is 0 Å². The standard InChI is InChI=1S/C14H17N3S/c1-17-8-3-2-4-12(17)13(11-5-9-18-10-11)14-15-6-7-16-14/h5-7,9-10H,2-4,8H2,1H3,(H,15,16)/b13-12-. The number of nitrogens with zero attached hydrogens (tertiary/aromatic N) is 2. The molecule has 0 amide bonds. The van der Waals surface area contributed by atoms with Gasteiger partial charge in [-0.3, -0.25) is 0 Å². The van der Waals surface area contributed by atoms with Gasteiger partial charge in [0.25, 0.3) is 0 Å². The van der Waals surface area contributed by atoms with Crippen molar-refractivity contribution < 1.29 is 0 Å². The van der Waals surface area contributed by atoms with Crippen molar-refractivity contribution in [2.45, 2.75) is 19.3 Å². The zero-order valence-electron chi connectivity index (χ0n) is 10.5.